The van der Waals surface area contributed by atoms with Gasteiger partial charge in [0.15, 0.2) is 6.29 Å². The van der Waals surface area contributed by atoms with Gasteiger partial charge in [0, 0.05) is 23.7 Å². The zero-order valence-electron chi connectivity index (χ0n) is 22.9. The molecule has 0 aliphatic rings. The highest BCUT2D eigenvalue weighted by atomic mass is 35.5. The molecule has 39 heavy (non-hydrogen) atoms. The van der Waals surface area contributed by atoms with Crippen molar-refractivity contribution in [1.29, 1.82) is 0 Å². The third-order valence-corrected chi connectivity index (χ3v) is 6.20. The molecule has 3 N–H and O–H groups in total. The molecule has 0 saturated carbocycles. The molecule has 1 heterocycles. The van der Waals surface area contributed by atoms with Crippen LogP contribution in [0.3, 0.4) is 0 Å². The number of nitrogens with zero attached hydrogens (tertiary/aromatic N) is 3. The van der Waals surface area contributed by atoms with Gasteiger partial charge in [0.2, 0.25) is 5.91 Å². The Labute approximate surface area is 233 Å². The molecule has 0 unspecified atom stereocenters. The number of carbonyl (C=O) groups excluding carboxylic acids is 2. The fourth-order valence-electron chi connectivity index (χ4n) is 4.04. The number of allylic oxidation sites excluding steroid dienone is 6. The predicted molar refractivity (Wildman–Crippen MR) is 150 cm³/mol. The third kappa shape index (κ3) is 8.93. The minimum Gasteiger partial charge on any atom is -0.321 e. The van der Waals surface area contributed by atoms with Crippen molar-refractivity contribution in [2.24, 2.45) is 0 Å². The molecule has 11 heteroatoms. The second-order valence-corrected chi connectivity index (χ2v) is 9.46. The lowest BCUT2D eigenvalue weighted by Gasteiger charge is -2.21. The molecule has 0 aliphatic heterocycles. The Balaban J connectivity index is 2.60. The molecular weight excluding hydrogens is 528 g/mol. The summed E-state index contributed by atoms with van der Waals surface area (Å²) < 4.78 is 30.2. The van der Waals surface area contributed by atoms with Crippen LogP contribution in [0.1, 0.15) is 67.0 Å². The number of aryl methyl sites for hydroxylation is 1. The first-order valence-corrected chi connectivity index (χ1v) is 13.1. The second-order valence-electron chi connectivity index (χ2n) is 9.02. The zero-order valence-corrected chi connectivity index (χ0v) is 23.6. The number of nitrogens with one attached hydrogen (secondary N) is 2. The maximum atomic E-state index is 14.9. The van der Waals surface area contributed by atoms with Crippen molar-refractivity contribution in [3.63, 3.8) is 0 Å². The largest absolute Gasteiger partial charge is 0.321 e. The first kappa shape index (κ1) is 32.0. The van der Waals surface area contributed by atoms with Gasteiger partial charge in [0.25, 0.3) is 0 Å². The summed E-state index contributed by atoms with van der Waals surface area (Å²) in [5.41, 5.74) is 1.83. The van der Waals surface area contributed by atoms with E-state index in [1.165, 1.54) is 17.8 Å². The summed E-state index contributed by atoms with van der Waals surface area (Å²) in [6, 6.07) is 1.44. The van der Waals surface area contributed by atoms with E-state index in [2.05, 4.69) is 22.7 Å². The molecule has 0 spiro atoms. The average Bonchev–Trinajstić information content (AvgIpc) is 3.21. The molecule has 1 atom stereocenters. The van der Waals surface area contributed by atoms with Crippen LogP contribution in [-0.2, 0) is 17.8 Å². The van der Waals surface area contributed by atoms with Crippen molar-refractivity contribution in [3.8, 4) is 0 Å². The molecule has 1 amide bonds. The van der Waals surface area contributed by atoms with Crippen LogP contribution in [0.5, 0.6) is 0 Å². The van der Waals surface area contributed by atoms with E-state index in [9.17, 15) is 23.6 Å². The van der Waals surface area contributed by atoms with Crippen LogP contribution in [0.15, 0.2) is 41.5 Å². The fourth-order valence-corrected chi connectivity index (χ4v) is 4.19. The summed E-state index contributed by atoms with van der Waals surface area (Å²) in [5.74, 6) is -1.96. The maximum Gasteiger partial charge on any atom is 0.241 e. The van der Waals surface area contributed by atoms with E-state index < -0.39 is 23.6 Å². The summed E-state index contributed by atoms with van der Waals surface area (Å²) in [7, 11) is 2.94. The first-order chi connectivity index (χ1) is 18.6. The molecule has 0 bridgehead atoms. The predicted octanol–water partition coefficient (Wildman–Crippen LogP) is 5.64. The number of hydroxylamine groups is 2. The molecule has 1 aromatic heterocycles. The Morgan fingerprint density at radius 1 is 1.28 bits per heavy atom. The van der Waals surface area contributed by atoms with Gasteiger partial charge >= 0.3 is 0 Å². The van der Waals surface area contributed by atoms with Crippen LogP contribution in [0.25, 0.3) is 5.57 Å². The van der Waals surface area contributed by atoms with Crippen LogP contribution in [0.4, 0.5) is 14.5 Å². The monoisotopic (exact) mass is 563 g/mol. The van der Waals surface area contributed by atoms with E-state index in [1.54, 1.807) is 39.1 Å². The molecule has 8 nitrogen and oxygen atoms in total. The van der Waals surface area contributed by atoms with Crippen molar-refractivity contribution >= 4 is 35.1 Å². The smallest absolute Gasteiger partial charge is 0.241 e. The summed E-state index contributed by atoms with van der Waals surface area (Å²) in [6.45, 7) is 5.26. The number of hydrogen-bond donors (Lipinski definition) is 3. The van der Waals surface area contributed by atoms with Gasteiger partial charge in [-0.1, -0.05) is 44.0 Å². The number of hydrogen-bond acceptors (Lipinski definition) is 6. The average molecular weight is 564 g/mol. The van der Waals surface area contributed by atoms with Gasteiger partial charge < -0.3 is 15.8 Å². The van der Waals surface area contributed by atoms with Crippen molar-refractivity contribution in [2.75, 3.05) is 26.0 Å². The Morgan fingerprint density at radius 2 is 2.00 bits per heavy atom. The van der Waals surface area contributed by atoms with E-state index in [-0.39, 0.29) is 30.0 Å². The molecular formula is C28H36ClF2N5O3. The Morgan fingerprint density at radius 3 is 2.59 bits per heavy atom. The normalized spacial score (nSPS) is 13.4. The minimum absolute atomic E-state index is 0.00648. The standard InChI is InChI=1S/C28H36ClF2N5O3/c1-6-8-9-10-20(29)12-11-18(3)27-28(33-25(38)16-35(5)39)24(17-37)36(34-27)15-23(32-4)26-19(7-2)13-21(30)14-22(26)31/h9-14,17,23,32,39H,6-8,15-16H2,1-5H3,(H,33,38)/b10-9-,18-11+,20-12+/t23-/m1/s1. The van der Waals surface area contributed by atoms with Crippen LogP contribution in [-0.4, -0.2) is 52.9 Å². The quantitative estimate of drug-likeness (QED) is 0.156. The SMILES string of the molecule is CCC\C=C/C(Cl)=C\C=C(/C)c1nn(C[C@@H](NC)c2c(F)cc(F)cc2CC)c(C=O)c1NC(=O)CN(C)O. The number of likely N-dealkylation sites (N-methyl/N-ethyl adjacent to an activating group) is 2. The third-order valence-electron chi connectivity index (χ3n) is 5.95. The highest BCUT2D eigenvalue weighted by molar-refractivity contribution is 6.31. The molecule has 0 fully saturated rings. The number of aromatic nitrogens is 2. The molecule has 0 saturated heterocycles. The Hall–Kier alpha value is -3.18. The molecule has 0 aliphatic carbocycles. The van der Waals surface area contributed by atoms with Gasteiger partial charge in [0.05, 0.1) is 18.3 Å². The highest BCUT2D eigenvalue weighted by Crippen LogP contribution is 2.30. The van der Waals surface area contributed by atoms with Crippen molar-refractivity contribution < 1.29 is 23.6 Å². The number of amides is 1. The molecule has 1 aromatic carbocycles. The lowest BCUT2D eigenvalue weighted by molar-refractivity contribution is -0.128. The van der Waals surface area contributed by atoms with Gasteiger partial charge in [0.1, 0.15) is 29.6 Å². The number of benzene rings is 1. The van der Waals surface area contributed by atoms with Crippen LogP contribution >= 0.6 is 11.6 Å². The van der Waals surface area contributed by atoms with Crippen LogP contribution < -0.4 is 10.6 Å². The summed E-state index contributed by atoms with van der Waals surface area (Å²) in [4.78, 5) is 24.8. The van der Waals surface area contributed by atoms with Gasteiger partial charge in [-0.3, -0.25) is 14.3 Å². The summed E-state index contributed by atoms with van der Waals surface area (Å²) in [6.07, 6.45) is 9.93. The molecule has 2 rings (SSSR count). The maximum absolute atomic E-state index is 14.9. The van der Waals surface area contributed by atoms with E-state index in [0.29, 0.717) is 39.6 Å². The number of halogens is 3. The first-order valence-electron chi connectivity index (χ1n) is 12.7. The van der Waals surface area contributed by atoms with Gasteiger partial charge in [-0.2, -0.15) is 10.2 Å². The fraction of sp³-hybridized carbons (Fsp3) is 0.393. The molecule has 0 radical (unpaired) electrons. The molecule has 212 valence electrons. The number of aldehydes is 1. The summed E-state index contributed by atoms with van der Waals surface area (Å²) >= 11 is 6.28. The highest BCUT2D eigenvalue weighted by Gasteiger charge is 2.25. The lowest BCUT2D eigenvalue weighted by Crippen LogP contribution is -2.28. The van der Waals surface area contributed by atoms with Crippen molar-refractivity contribution in [1.82, 2.24) is 20.2 Å². The van der Waals surface area contributed by atoms with Gasteiger partial charge in [-0.25, -0.2) is 8.78 Å². The van der Waals surface area contributed by atoms with E-state index in [0.717, 1.165) is 18.9 Å². The number of rotatable bonds is 14. The van der Waals surface area contributed by atoms with Crippen LogP contribution in [0.2, 0.25) is 0 Å². The number of anilines is 1. The van der Waals surface area contributed by atoms with E-state index in [1.807, 2.05) is 6.08 Å². The Kier molecular flexibility index (Phi) is 12.7. The number of carbonyl (C=O) groups is 2. The lowest BCUT2D eigenvalue weighted by atomic mass is 9.97. The molecule has 2 aromatic rings. The summed E-state index contributed by atoms with van der Waals surface area (Å²) in [5, 5.41) is 20.9. The zero-order chi connectivity index (χ0) is 29.1. The number of unbranched alkanes of at least 4 members (excludes halogenated alkanes) is 1. The minimum atomic E-state index is -0.710. The Bertz CT molecular complexity index is 1250. The van der Waals surface area contributed by atoms with Crippen LogP contribution in [0, 0.1) is 11.6 Å². The topological polar surface area (TPSA) is 99.5 Å². The van der Waals surface area contributed by atoms with Crippen molar-refractivity contribution in [2.45, 2.75) is 52.6 Å². The second kappa shape index (κ2) is 15.4. The van der Waals surface area contributed by atoms with Gasteiger partial charge in [-0.05, 0) is 56.2 Å². The van der Waals surface area contributed by atoms with E-state index in [4.69, 9.17) is 11.6 Å². The van der Waals surface area contributed by atoms with Gasteiger partial charge in [-0.15, -0.1) is 0 Å². The van der Waals surface area contributed by atoms with Crippen molar-refractivity contribution in [3.05, 3.63) is 75.6 Å². The van der Waals surface area contributed by atoms with E-state index >= 15 is 0 Å².